The van der Waals surface area contributed by atoms with Gasteiger partial charge in [-0.3, -0.25) is 0 Å². The third-order valence-electron chi connectivity index (χ3n) is 2.89. The van der Waals surface area contributed by atoms with Crippen LogP contribution < -0.4 is 0 Å². The topological polar surface area (TPSA) is 59.4 Å². The zero-order valence-electron chi connectivity index (χ0n) is 10.1. The maximum Gasteiger partial charge on any atom is 0.177 e. The lowest BCUT2D eigenvalue weighted by Gasteiger charge is -2.03. The fraction of sp³-hybridized carbons (Fsp3) is 0.0714. The second-order valence-electron chi connectivity index (χ2n) is 4.07. The molecule has 0 aliphatic rings. The van der Waals surface area contributed by atoms with Gasteiger partial charge in [0, 0.05) is 0 Å². The van der Waals surface area contributed by atoms with Crippen molar-refractivity contribution in [3.63, 3.8) is 0 Å². The molecule has 4 nitrogen and oxygen atoms in total. The first kappa shape index (κ1) is 12.9. The molecule has 0 amide bonds. The minimum atomic E-state index is -0.547. The van der Waals surface area contributed by atoms with Crippen molar-refractivity contribution in [2.75, 3.05) is 0 Å². The van der Waals surface area contributed by atoms with Gasteiger partial charge in [0.25, 0.3) is 0 Å². The Morgan fingerprint density at radius 1 is 1.25 bits per heavy atom. The van der Waals surface area contributed by atoms with Crippen molar-refractivity contribution in [3.05, 3.63) is 53.0 Å². The quantitative estimate of drug-likeness (QED) is 0.796. The number of hydrogen-bond acceptors (Lipinski definition) is 4. The van der Waals surface area contributed by atoms with Crippen LogP contribution in [0, 0.1) is 5.82 Å². The van der Waals surface area contributed by atoms with Gasteiger partial charge < -0.3 is 14.0 Å². The highest BCUT2D eigenvalue weighted by Crippen LogP contribution is 2.37. The number of benzene rings is 1. The predicted molar refractivity (Wildman–Crippen MR) is 70.5 cm³/mol. The molecule has 0 bridgehead atoms. The first-order chi connectivity index (χ1) is 9.72. The average molecular weight is 294 g/mol. The number of halogens is 2. The van der Waals surface area contributed by atoms with E-state index in [0.29, 0.717) is 17.0 Å². The summed E-state index contributed by atoms with van der Waals surface area (Å²) in [4.78, 5) is 0. The molecule has 102 valence electrons. The van der Waals surface area contributed by atoms with Crippen LogP contribution in [0.25, 0.3) is 22.8 Å². The lowest BCUT2D eigenvalue weighted by atomic mass is 10.1. The summed E-state index contributed by atoms with van der Waals surface area (Å²) in [5, 5.41) is 13.5. The molecule has 2 heterocycles. The Kier molecular flexibility index (Phi) is 3.30. The summed E-state index contributed by atoms with van der Waals surface area (Å²) in [5.41, 5.74) is 0.724. The maximum absolute atomic E-state index is 13.9. The molecule has 0 atom stereocenters. The molecule has 20 heavy (non-hydrogen) atoms. The van der Waals surface area contributed by atoms with E-state index in [1.54, 1.807) is 12.1 Å². The second kappa shape index (κ2) is 5.11. The van der Waals surface area contributed by atoms with Crippen LogP contribution in [0.3, 0.4) is 0 Å². The Bertz CT molecular complexity index is 717. The number of furan rings is 1. The smallest absolute Gasteiger partial charge is 0.177 e. The predicted octanol–water partition coefficient (Wildman–Crippen LogP) is 3.89. The molecule has 1 aromatic carbocycles. The van der Waals surface area contributed by atoms with Gasteiger partial charge in [-0.05, 0) is 24.3 Å². The van der Waals surface area contributed by atoms with Gasteiger partial charge in [0.2, 0.25) is 0 Å². The van der Waals surface area contributed by atoms with Crippen LogP contribution in [0.4, 0.5) is 4.39 Å². The summed E-state index contributed by atoms with van der Waals surface area (Å²) in [6, 6.07) is 7.64. The van der Waals surface area contributed by atoms with Crippen molar-refractivity contribution in [2.45, 2.75) is 6.61 Å². The summed E-state index contributed by atoms with van der Waals surface area (Å²) in [7, 11) is 0. The average Bonchev–Trinajstić information content (AvgIpc) is 3.06. The minimum absolute atomic E-state index is 0.0727. The summed E-state index contributed by atoms with van der Waals surface area (Å²) < 4.78 is 24.3. The van der Waals surface area contributed by atoms with Crippen molar-refractivity contribution in [2.24, 2.45) is 0 Å². The van der Waals surface area contributed by atoms with Gasteiger partial charge in [-0.1, -0.05) is 22.8 Å². The van der Waals surface area contributed by atoms with Gasteiger partial charge in [0.05, 0.1) is 29.0 Å². The molecule has 0 radical (unpaired) electrons. The van der Waals surface area contributed by atoms with E-state index in [4.69, 9.17) is 20.5 Å². The molecule has 0 fully saturated rings. The molecular formula is C14H9ClFNO3. The summed E-state index contributed by atoms with van der Waals surface area (Å²) in [6.45, 7) is -0.375. The normalized spacial score (nSPS) is 10.9. The van der Waals surface area contributed by atoms with E-state index >= 15 is 0 Å². The summed E-state index contributed by atoms with van der Waals surface area (Å²) in [6.07, 6.45) is 1.47. The molecule has 0 saturated heterocycles. The van der Waals surface area contributed by atoms with E-state index in [1.165, 1.54) is 24.5 Å². The van der Waals surface area contributed by atoms with Gasteiger partial charge in [0.15, 0.2) is 17.2 Å². The van der Waals surface area contributed by atoms with Crippen LogP contribution >= 0.6 is 11.6 Å². The van der Waals surface area contributed by atoms with Gasteiger partial charge in [-0.25, -0.2) is 4.39 Å². The van der Waals surface area contributed by atoms with Crippen LogP contribution in [0.5, 0.6) is 0 Å². The molecule has 0 saturated carbocycles. The van der Waals surface area contributed by atoms with E-state index in [-0.39, 0.29) is 23.0 Å². The summed E-state index contributed by atoms with van der Waals surface area (Å²) >= 11 is 5.99. The Morgan fingerprint density at radius 2 is 2.10 bits per heavy atom. The number of rotatable bonds is 3. The molecule has 0 aliphatic carbocycles. The van der Waals surface area contributed by atoms with Crippen LogP contribution in [0.15, 0.2) is 45.5 Å². The van der Waals surface area contributed by atoms with Crippen molar-refractivity contribution in [1.29, 1.82) is 0 Å². The lowest BCUT2D eigenvalue weighted by molar-refractivity contribution is 0.281. The molecule has 0 aliphatic heterocycles. The fourth-order valence-electron chi connectivity index (χ4n) is 1.97. The Hall–Kier alpha value is -2.11. The zero-order chi connectivity index (χ0) is 14.1. The molecule has 3 aromatic rings. The van der Waals surface area contributed by atoms with Crippen LogP contribution in [0.2, 0.25) is 5.02 Å². The lowest BCUT2D eigenvalue weighted by Crippen LogP contribution is -1.91. The monoisotopic (exact) mass is 293 g/mol. The number of hydrogen-bond donors (Lipinski definition) is 1. The molecule has 3 rings (SSSR count). The highest BCUT2D eigenvalue weighted by atomic mass is 35.5. The van der Waals surface area contributed by atoms with E-state index < -0.39 is 5.82 Å². The van der Waals surface area contributed by atoms with Gasteiger partial charge in [0.1, 0.15) is 5.82 Å². The van der Waals surface area contributed by atoms with E-state index in [2.05, 4.69) is 5.16 Å². The van der Waals surface area contributed by atoms with Crippen molar-refractivity contribution in [3.8, 4) is 22.8 Å². The molecule has 2 aromatic heterocycles. The number of aliphatic hydroxyl groups is 1. The summed E-state index contributed by atoms with van der Waals surface area (Å²) in [5.74, 6) is -0.0205. The van der Waals surface area contributed by atoms with E-state index in [0.717, 1.165) is 0 Å². The van der Waals surface area contributed by atoms with Gasteiger partial charge >= 0.3 is 0 Å². The SMILES string of the molecule is OCc1c(-c2ccco2)noc1-c1c(F)cccc1Cl. The zero-order valence-corrected chi connectivity index (χ0v) is 10.9. The van der Waals surface area contributed by atoms with Crippen molar-refractivity contribution >= 4 is 11.6 Å². The first-order valence-corrected chi connectivity index (χ1v) is 6.18. The van der Waals surface area contributed by atoms with Crippen LogP contribution in [-0.4, -0.2) is 10.3 Å². The highest BCUT2D eigenvalue weighted by Gasteiger charge is 2.23. The molecule has 1 N–H and O–H groups in total. The third-order valence-corrected chi connectivity index (χ3v) is 3.21. The molecule has 0 unspecified atom stereocenters. The molecule has 6 heteroatoms. The Labute approximate surface area is 118 Å². The van der Waals surface area contributed by atoms with Gasteiger partial charge in [-0.15, -0.1) is 0 Å². The van der Waals surface area contributed by atoms with E-state index in [1.807, 2.05) is 0 Å². The van der Waals surface area contributed by atoms with Crippen molar-refractivity contribution in [1.82, 2.24) is 5.16 Å². The van der Waals surface area contributed by atoms with E-state index in [9.17, 15) is 9.50 Å². The third kappa shape index (κ3) is 2.01. The number of aromatic nitrogens is 1. The van der Waals surface area contributed by atoms with Crippen molar-refractivity contribution < 1.29 is 18.4 Å². The Balaban J connectivity index is 2.21. The van der Waals surface area contributed by atoms with Crippen LogP contribution in [0.1, 0.15) is 5.56 Å². The standard InChI is InChI=1S/C14H9ClFNO3/c15-9-3-1-4-10(16)12(9)14-8(7-18)13(17-20-14)11-5-2-6-19-11/h1-6,18H,7H2. The number of nitrogens with zero attached hydrogens (tertiary/aromatic N) is 1. The molecule has 0 spiro atoms. The second-order valence-corrected chi connectivity index (χ2v) is 4.48. The van der Waals surface area contributed by atoms with Gasteiger partial charge in [-0.2, -0.15) is 0 Å². The largest absolute Gasteiger partial charge is 0.463 e. The Morgan fingerprint density at radius 3 is 2.75 bits per heavy atom. The fourth-order valence-corrected chi connectivity index (χ4v) is 2.22. The highest BCUT2D eigenvalue weighted by molar-refractivity contribution is 6.33. The van der Waals surface area contributed by atoms with Crippen LogP contribution in [-0.2, 0) is 6.61 Å². The minimum Gasteiger partial charge on any atom is -0.463 e. The number of aliphatic hydroxyl groups excluding tert-OH is 1. The first-order valence-electron chi connectivity index (χ1n) is 5.80. The molecular weight excluding hydrogens is 285 g/mol. The maximum atomic E-state index is 13.9.